The second kappa shape index (κ2) is 5.82. The lowest BCUT2D eigenvalue weighted by Crippen LogP contribution is -2.72. The van der Waals surface area contributed by atoms with Crippen LogP contribution < -0.4 is 10.1 Å². The van der Waals surface area contributed by atoms with Crippen LogP contribution in [-0.2, 0) is 4.79 Å². The van der Waals surface area contributed by atoms with E-state index in [2.05, 4.69) is 0 Å². The van der Waals surface area contributed by atoms with E-state index in [4.69, 9.17) is 10.1 Å². The molecule has 0 saturated carbocycles. The van der Waals surface area contributed by atoms with Crippen molar-refractivity contribution in [3.8, 4) is 5.75 Å². The Morgan fingerprint density at radius 1 is 1.38 bits per heavy atom. The van der Waals surface area contributed by atoms with Gasteiger partial charge in [-0.2, -0.15) is 0 Å². The average Bonchev–Trinajstić information content (AvgIpc) is 2.26. The molecule has 0 aromatic heterocycles. The van der Waals surface area contributed by atoms with Gasteiger partial charge in [-0.1, -0.05) is 0 Å². The maximum atomic E-state index is 10.7. The molecule has 1 aromatic carbocycles. The second-order valence-corrected chi connectivity index (χ2v) is 3.22. The number of allylic oxidation sites excluding steroid dienone is 1. The van der Waals surface area contributed by atoms with Gasteiger partial charge < -0.3 is 15.5 Å². The molecule has 0 bridgehead atoms. The molecule has 84 valence electrons. The second-order valence-electron chi connectivity index (χ2n) is 3.22. The lowest BCUT2D eigenvalue weighted by Gasteiger charge is -2.02. The molecule has 0 aliphatic carbocycles. The van der Waals surface area contributed by atoms with Crippen molar-refractivity contribution in [1.82, 2.24) is 0 Å². The summed E-state index contributed by atoms with van der Waals surface area (Å²) in [7, 11) is 1.90. The molecular formula is C12H15N2O2+. The number of rotatable bonds is 4. The molecule has 1 aromatic rings. The molecule has 1 rings (SSSR count). The van der Waals surface area contributed by atoms with Crippen molar-refractivity contribution in [1.29, 1.82) is 5.41 Å². The summed E-state index contributed by atoms with van der Waals surface area (Å²) in [4.78, 5) is 10.7. The third-order valence-electron chi connectivity index (χ3n) is 1.88. The molecule has 0 aliphatic rings. The number of quaternary nitrogens is 1. The molecule has 3 N–H and O–H groups in total. The number of hydrogen-bond donors (Lipinski definition) is 2. The van der Waals surface area contributed by atoms with Gasteiger partial charge in [-0.15, -0.1) is 0 Å². The first-order valence-corrected chi connectivity index (χ1v) is 4.97. The minimum absolute atomic E-state index is 0.344. The number of carbonyl (C=O) groups excluding carboxylic acids is 1. The summed E-state index contributed by atoms with van der Waals surface area (Å²) in [6.45, 7) is 1.36. The number of nitrogens with one attached hydrogen (secondary N) is 1. The Morgan fingerprint density at radius 2 is 2.00 bits per heavy atom. The van der Waals surface area contributed by atoms with Crippen molar-refractivity contribution in [3.63, 3.8) is 0 Å². The molecule has 0 fully saturated rings. The normalized spacial score (nSPS) is 10.4. The van der Waals surface area contributed by atoms with Crippen molar-refractivity contribution in [3.05, 3.63) is 42.1 Å². The fraction of sp³-hybridized carbons (Fsp3) is 0.167. The lowest BCUT2D eigenvalue weighted by atomic mass is 10.1. The third-order valence-corrected chi connectivity index (χ3v) is 1.88. The van der Waals surface area contributed by atoms with Gasteiger partial charge in [0.05, 0.1) is 19.0 Å². The van der Waals surface area contributed by atoms with Crippen LogP contribution in [0.25, 0.3) is 0 Å². The first kappa shape index (κ1) is 12.1. The van der Waals surface area contributed by atoms with Crippen molar-refractivity contribution < 1.29 is 14.8 Å². The highest BCUT2D eigenvalue weighted by Crippen LogP contribution is 2.12. The Kier molecular flexibility index (Phi) is 4.42. The zero-order valence-electron chi connectivity index (χ0n) is 9.36. The Labute approximate surface area is 94.4 Å². The fourth-order valence-electron chi connectivity index (χ4n) is 1.16. The van der Waals surface area contributed by atoms with Gasteiger partial charge in [0.1, 0.15) is 5.75 Å². The molecule has 4 nitrogen and oxygen atoms in total. The van der Waals surface area contributed by atoms with Crippen LogP contribution in [0.5, 0.6) is 5.75 Å². The number of nitrogens with two attached hydrogens (primary N) is 1. The number of benzene rings is 1. The summed E-state index contributed by atoms with van der Waals surface area (Å²) in [5.41, 5.74) is 1.21. The largest absolute Gasteiger partial charge is 0.427 e. The maximum Gasteiger partial charge on any atom is 0.308 e. The van der Waals surface area contributed by atoms with Crippen molar-refractivity contribution in [2.24, 2.45) is 0 Å². The zero-order chi connectivity index (χ0) is 12.0. The Balaban J connectivity index is 2.74. The quantitative estimate of drug-likeness (QED) is 0.444. The van der Waals surface area contributed by atoms with Gasteiger partial charge in [0.25, 0.3) is 0 Å². The van der Waals surface area contributed by atoms with Crippen LogP contribution in [0, 0.1) is 5.41 Å². The van der Waals surface area contributed by atoms with Gasteiger partial charge in [0.2, 0.25) is 0 Å². The molecule has 0 saturated heterocycles. The highest BCUT2D eigenvalue weighted by atomic mass is 16.5. The van der Waals surface area contributed by atoms with Crippen LogP contribution >= 0.6 is 0 Å². The van der Waals surface area contributed by atoms with Gasteiger partial charge in [-0.25, -0.2) is 0 Å². The molecule has 0 amide bonds. The topological polar surface area (TPSA) is 66.8 Å². The molecular weight excluding hydrogens is 204 g/mol. The Bertz CT molecular complexity index is 408. The van der Waals surface area contributed by atoms with Crippen LogP contribution in [-0.4, -0.2) is 18.7 Å². The SMILES string of the molecule is C[NH2+]C=CC(=N)c1ccc(OC(C)=O)cc1. The van der Waals surface area contributed by atoms with E-state index in [1.54, 1.807) is 30.3 Å². The van der Waals surface area contributed by atoms with E-state index in [0.29, 0.717) is 11.5 Å². The summed E-state index contributed by atoms with van der Waals surface area (Å²) in [5.74, 6) is 0.151. The van der Waals surface area contributed by atoms with Crippen LogP contribution in [0.2, 0.25) is 0 Å². The van der Waals surface area contributed by atoms with Crippen LogP contribution in [0.1, 0.15) is 12.5 Å². The highest BCUT2D eigenvalue weighted by molar-refractivity contribution is 6.06. The smallest absolute Gasteiger partial charge is 0.308 e. The van der Waals surface area contributed by atoms with Gasteiger partial charge >= 0.3 is 5.97 Å². The number of hydrogen-bond acceptors (Lipinski definition) is 3. The number of ether oxygens (including phenoxy) is 1. The first-order valence-electron chi connectivity index (χ1n) is 4.97. The van der Waals surface area contributed by atoms with E-state index in [9.17, 15) is 4.79 Å². The molecule has 0 radical (unpaired) electrons. The minimum atomic E-state index is -0.344. The summed E-state index contributed by atoms with van der Waals surface area (Å²) >= 11 is 0. The van der Waals surface area contributed by atoms with E-state index >= 15 is 0 Å². The van der Waals surface area contributed by atoms with Crippen LogP contribution in [0.15, 0.2) is 36.5 Å². The minimum Gasteiger partial charge on any atom is -0.427 e. The zero-order valence-corrected chi connectivity index (χ0v) is 9.36. The molecule has 0 heterocycles. The van der Waals surface area contributed by atoms with Crippen LogP contribution in [0.4, 0.5) is 0 Å². The molecule has 4 heteroatoms. The average molecular weight is 219 g/mol. The molecule has 0 atom stereocenters. The number of carbonyl (C=O) groups is 1. The molecule has 0 spiro atoms. The van der Waals surface area contributed by atoms with Crippen LogP contribution in [0.3, 0.4) is 0 Å². The van der Waals surface area contributed by atoms with Gasteiger partial charge in [-0.3, -0.25) is 4.79 Å². The van der Waals surface area contributed by atoms with E-state index in [1.165, 1.54) is 6.92 Å². The van der Waals surface area contributed by atoms with E-state index in [1.807, 2.05) is 18.6 Å². The first-order chi connectivity index (χ1) is 7.63. The predicted octanol–water partition coefficient (Wildman–Crippen LogP) is 0.687. The number of esters is 1. The fourth-order valence-corrected chi connectivity index (χ4v) is 1.16. The maximum absolute atomic E-state index is 10.7. The summed E-state index contributed by atoms with van der Waals surface area (Å²) in [6.07, 6.45) is 3.52. The predicted molar refractivity (Wildman–Crippen MR) is 61.6 cm³/mol. The Morgan fingerprint density at radius 3 is 2.50 bits per heavy atom. The summed E-state index contributed by atoms with van der Waals surface area (Å²) < 4.78 is 4.90. The molecule has 0 aliphatic heterocycles. The van der Waals surface area contributed by atoms with Gasteiger partial charge in [0.15, 0.2) is 0 Å². The Hall–Kier alpha value is -1.94. The van der Waals surface area contributed by atoms with Gasteiger partial charge in [0, 0.05) is 13.0 Å². The van der Waals surface area contributed by atoms with E-state index in [-0.39, 0.29) is 5.97 Å². The molecule has 0 unspecified atom stereocenters. The van der Waals surface area contributed by atoms with Crippen molar-refractivity contribution in [2.45, 2.75) is 6.92 Å². The monoisotopic (exact) mass is 219 g/mol. The van der Waals surface area contributed by atoms with Crippen molar-refractivity contribution in [2.75, 3.05) is 7.05 Å². The van der Waals surface area contributed by atoms with Crippen molar-refractivity contribution >= 4 is 11.7 Å². The highest BCUT2D eigenvalue weighted by Gasteiger charge is 2.00. The van der Waals surface area contributed by atoms with E-state index < -0.39 is 0 Å². The van der Waals surface area contributed by atoms with Gasteiger partial charge in [-0.05, 0) is 29.8 Å². The molecule has 16 heavy (non-hydrogen) atoms. The van der Waals surface area contributed by atoms with E-state index in [0.717, 1.165) is 5.56 Å². The summed E-state index contributed by atoms with van der Waals surface area (Å²) in [6, 6.07) is 6.85. The third kappa shape index (κ3) is 3.67. The standard InChI is InChI=1S/C12H14N2O2/c1-9(15)16-11-5-3-10(4-6-11)12(13)7-8-14-2/h3-8,13-14H,1-2H3/p+1. The lowest BCUT2D eigenvalue weighted by molar-refractivity contribution is -0.556. The summed E-state index contributed by atoms with van der Waals surface area (Å²) in [5, 5.41) is 9.59.